The Morgan fingerprint density at radius 1 is 1.05 bits per heavy atom. The molecule has 2 rings (SSSR count). The van der Waals surface area contributed by atoms with Crippen LogP contribution in [-0.2, 0) is 13.0 Å². The Balaban J connectivity index is 1.70. The van der Waals surface area contributed by atoms with Gasteiger partial charge in [0.05, 0.1) is 0 Å². The van der Waals surface area contributed by atoms with Crippen LogP contribution >= 0.6 is 27.5 Å². The van der Waals surface area contributed by atoms with Crippen molar-refractivity contribution >= 4 is 33.6 Å². The van der Waals surface area contributed by atoms with E-state index in [1.165, 1.54) is 0 Å². The molecule has 0 saturated carbocycles. The molecule has 0 aliphatic rings. The Morgan fingerprint density at radius 2 is 1.76 bits per heavy atom. The van der Waals surface area contributed by atoms with Crippen LogP contribution in [0.15, 0.2) is 53.0 Å². The summed E-state index contributed by atoms with van der Waals surface area (Å²) in [6.45, 7) is 1.08. The summed E-state index contributed by atoms with van der Waals surface area (Å²) >= 11 is 9.28. The molecular weight excluding hydrogens is 352 g/mol. The van der Waals surface area contributed by atoms with Gasteiger partial charge in [-0.2, -0.15) is 0 Å². The molecule has 2 N–H and O–H groups in total. The van der Waals surface area contributed by atoms with Gasteiger partial charge in [-0.15, -0.1) is 0 Å². The van der Waals surface area contributed by atoms with E-state index in [2.05, 4.69) is 26.6 Å². The third-order valence-electron chi connectivity index (χ3n) is 3.01. The second-order valence-electron chi connectivity index (χ2n) is 4.58. The van der Waals surface area contributed by atoms with Gasteiger partial charge in [-0.1, -0.05) is 57.9 Å². The van der Waals surface area contributed by atoms with Crippen molar-refractivity contribution in [1.29, 1.82) is 0 Å². The highest BCUT2D eigenvalue weighted by Crippen LogP contribution is 2.15. The molecule has 0 atom stereocenters. The van der Waals surface area contributed by atoms with Gasteiger partial charge in [0.1, 0.15) is 0 Å². The highest BCUT2D eigenvalue weighted by molar-refractivity contribution is 9.10. The minimum Gasteiger partial charge on any atom is -0.338 e. The quantitative estimate of drug-likeness (QED) is 0.819. The first-order valence-electron chi connectivity index (χ1n) is 6.65. The first kappa shape index (κ1) is 15.9. The van der Waals surface area contributed by atoms with E-state index in [1.54, 1.807) is 0 Å². The summed E-state index contributed by atoms with van der Waals surface area (Å²) in [5.41, 5.74) is 2.19. The van der Waals surface area contributed by atoms with E-state index in [4.69, 9.17) is 11.6 Å². The van der Waals surface area contributed by atoms with Crippen LogP contribution in [0, 0.1) is 0 Å². The zero-order valence-corrected chi connectivity index (χ0v) is 13.7. The van der Waals surface area contributed by atoms with Crippen molar-refractivity contribution in [2.24, 2.45) is 0 Å². The maximum atomic E-state index is 11.7. The Labute approximate surface area is 137 Å². The van der Waals surface area contributed by atoms with E-state index in [9.17, 15) is 4.79 Å². The smallest absolute Gasteiger partial charge is 0.315 e. The highest BCUT2D eigenvalue weighted by Gasteiger charge is 2.02. The average molecular weight is 368 g/mol. The second-order valence-corrected chi connectivity index (χ2v) is 5.87. The third kappa shape index (κ3) is 5.40. The van der Waals surface area contributed by atoms with Gasteiger partial charge in [0, 0.05) is 22.6 Å². The molecule has 0 unspecified atom stereocenters. The SMILES string of the molecule is O=C(NCCc1ccc(Cl)cc1)NCc1ccccc1Br. The first-order chi connectivity index (χ1) is 10.1. The molecule has 0 saturated heterocycles. The van der Waals surface area contributed by atoms with E-state index in [-0.39, 0.29) is 6.03 Å². The van der Waals surface area contributed by atoms with Crippen molar-refractivity contribution in [3.05, 3.63) is 69.2 Å². The van der Waals surface area contributed by atoms with Gasteiger partial charge in [-0.05, 0) is 35.7 Å². The summed E-state index contributed by atoms with van der Waals surface area (Å²) in [7, 11) is 0. The summed E-state index contributed by atoms with van der Waals surface area (Å²) < 4.78 is 0.992. The molecule has 0 aliphatic carbocycles. The molecule has 0 aromatic heterocycles. The fourth-order valence-electron chi connectivity index (χ4n) is 1.85. The Hall–Kier alpha value is -1.52. The van der Waals surface area contributed by atoms with Gasteiger partial charge in [0.25, 0.3) is 0 Å². The maximum Gasteiger partial charge on any atom is 0.315 e. The second kappa shape index (κ2) is 8.05. The van der Waals surface area contributed by atoms with E-state index in [0.717, 1.165) is 27.0 Å². The van der Waals surface area contributed by atoms with Gasteiger partial charge < -0.3 is 10.6 Å². The Bertz CT molecular complexity index is 601. The summed E-state index contributed by atoms with van der Waals surface area (Å²) in [5, 5.41) is 6.39. The minimum absolute atomic E-state index is 0.167. The average Bonchev–Trinajstić information content (AvgIpc) is 2.48. The van der Waals surface area contributed by atoms with Crippen LogP contribution in [-0.4, -0.2) is 12.6 Å². The summed E-state index contributed by atoms with van der Waals surface area (Å²) in [5.74, 6) is 0. The van der Waals surface area contributed by atoms with Crippen LogP contribution in [0.25, 0.3) is 0 Å². The molecule has 0 radical (unpaired) electrons. The Kier molecular flexibility index (Phi) is 6.08. The topological polar surface area (TPSA) is 41.1 Å². The van der Waals surface area contributed by atoms with Crippen molar-refractivity contribution in [1.82, 2.24) is 10.6 Å². The molecule has 2 aromatic carbocycles. The standard InChI is InChI=1S/C16H16BrClN2O/c17-15-4-2-1-3-13(15)11-20-16(21)19-10-9-12-5-7-14(18)8-6-12/h1-8H,9-11H2,(H2,19,20,21). The molecular formula is C16H16BrClN2O. The number of hydrogen-bond donors (Lipinski definition) is 2. The lowest BCUT2D eigenvalue weighted by molar-refractivity contribution is 0.240. The number of benzene rings is 2. The number of carbonyl (C=O) groups is 1. The van der Waals surface area contributed by atoms with Gasteiger partial charge in [0.15, 0.2) is 0 Å². The number of halogens is 2. The lowest BCUT2D eigenvalue weighted by Gasteiger charge is -2.09. The maximum absolute atomic E-state index is 11.7. The van der Waals surface area contributed by atoms with Gasteiger partial charge >= 0.3 is 6.03 Å². The van der Waals surface area contributed by atoms with Crippen LogP contribution < -0.4 is 10.6 Å². The van der Waals surface area contributed by atoms with Gasteiger partial charge in [-0.3, -0.25) is 0 Å². The van der Waals surface area contributed by atoms with Crippen molar-refractivity contribution in [3.8, 4) is 0 Å². The lowest BCUT2D eigenvalue weighted by Crippen LogP contribution is -2.36. The molecule has 0 aliphatic heterocycles. The summed E-state index contributed by atoms with van der Waals surface area (Å²) in [6, 6.07) is 15.3. The van der Waals surface area contributed by atoms with Crippen molar-refractivity contribution in [2.75, 3.05) is 6.54 Å². The molecule has 3 nitrogen and oxygen atoms in total. The van der Waals surface area contributed by atoms with E-state index in [0.29, 0.717) is 13.1 Å². The van der Waals surface area contributed by atoms with Crippen LogP contribution in [0.4, 0.5) is 4.79 Å². The molecule has 0 heterocycles. The number of carbonyl (C=O) groups excluding carboxylic acids is 1. The highest BCUT2D eigenvalue weighted by atomic mass is 79.9. The molecule has 110 valence electrons. The van der Waals surface area contributed by atoms with Crippen molar-refractivity contribution in [2.45, 2.75) is 13.0 Å². The van der Waals surface area contributed by atoms with Crippen molar-refractivity contribution in [3.63, 3.8) is 0 Å². The third-order valence-corrected chi connectivity index (χ3v) is 4.04. The molecule has 5 heteroatoms. The van der Waals surface area contributed by atoms with E-state index in [1.807, 2.05) is 48.5 Å². The minimum atomic E-state index is -0.167. The molecule has 21 heavy (non-hydrogen) atoms. The number of amides is 2. The molecule has 0 spiro atoms. The van der Waals surface area contributed by atoms with Gasteiger partial charge in [0.2, 0.25) is 0 Å². The predicted molar refractivity (Wildman–Crippen MR) is 89.5 cm³/mol. The predicted octanol–water partition coefficient (Wildman–Crippen LogP) is 4.14. The van der Waals surface area contributed by atoms with Crippen molar-refractivity contribution < 1.29 is 4.79 Å². The molecule has 2 amide bonds. The number of rotatable bonds is 5. The first-order valence-corrected chi connectivity index (χ1v) is 7.82. The van der Waals surface area contributed by atoms with Crippen LogP contribution in [0.1, 0.15) is 11.1 Å². The lowest BCUT2D eigenvalue weighted by atomic mass is 10.1. The summed E-state index contributed by atoms with van der Waals surface area (Å²) in [4.78, 5) is 11.7. The molecule has 0 bridgehead atoms. The number of nitrogens with one attached hydrogen (secondary N) is 2. The zero-order chi connectivity index (χ0) is 15.1. The van der Waals surface area contributed by atoms with E-state index >= 15 is 0 Å². The van der Waals surface area contributed by atoms with E-state index < -0.39 is 0 Å². The largest absolute Gasteiger partial charge is 0.338 e. The van der Waals surface area contributed by atoms with Crippen LogP contribution in [0.3, 0.4) is 0 Å². The molecule has 0 fully saturated rings. The fraction of sp³-hybridized carbons (Fsp3) is 0.188. The number of urea groups is 1. The number of hydrogen-bond acceptors (Lipinski definition) is 1. The van der Waals surface area contributed by atoms with Crippen LogP contribution in [0.2, 0.25) is 5.02 Å². The normalized spacial score (nSPS) is 10.2. The summed E-state index contributed by atoms with van der Waals surface area (Å²) in [6.07, 6.45) is 0.777. The van der Waals surface area contributed by atoms with Crippen LogP contribution in [0.5, 0.6) is 0 Å². The monoisotopic (exact) mass is 366 g/mol. The zero-order valence-electron chi connectivity index (χ0n) is 11.4. The fourth-order valence-corrected chi connectivity index (χ4v) is 2.40. The molecule has 2 aromatic rings. The van der Waals surface area contributed by atoms with Gasteiger partial charge in [-0.25, -0.2) is 4.79 Å². The Morgan fingerprint density at radius 3 is 2.48 bits per heavy atom.